The van der Waals surface area contributed by atoms with Crippen LogP contribution in [0.2, 0.25) is 0 Å². The fraction of sp³-hybridized carbons (Fsp3) is 0.167. The van der Waals surface area contributed by atoms with E-state index >= 15 is 0 Å². The molecule has 0 saturated carbocycles. The molecular weight excluding hydrogens is 452 g/mol. The molecule has 2 aromatic heterocycles. The first-order chi connectivity index (χ1) is 13.0. The van der Waals surface area contributed by atoms with E-state index in [-0.39, 0.29) is 11.8 Å². The summed E-state index contributed by atoms with van der Waals surface area (Å²) in [4.78, 5) is 7.10. The molecule has 2 heterocycles. The van der Waals surface area contributed by atoms with Crippen LogP contribution in [-0.2, 0) is 12.4 Å². The maximum absolute atomic E-state index is 13.2. The third kappa shape index (κ3) is 3.94. The third-order valence-electron chi connectivity index (χ3n) is 3.92. The lowest BCUT2D eigenvalue weighted by Gasteiger charge is -2.15. The van der Waals surface area contributed by atoms with Gasteiger partial charge < -0.3 is 0 Å². The molecule has 0 bridgehead atoms. The van der Waals surface area contributed by atoms with Crippen LogP contribution in [0.1, 0.15) is 28.4 Å². The van der Waals surface area contributed by atoms with Crippen LogP contribution in [-0.4, -0.2) is 9.97 Å². The molecule has 0 saturated heterocycles. The second kappa shape index (κ2) is 7.05. The van der Waals surface area contributed by atoms with Gasteiger partial charge >= 0.3 is 12.4 Å². The molecule has 0 N–H and O–H groups in total. The van der Waals surface area contributed by atoms with Gasteiger partial charge in [0.05, 0.1) is 17.3 Å². The van der Waals surface area contributed by atoms with E-state index in [0.29, 0.717) is 5.56 Å². The minimum atomic E-state index is -5.08. The Labute approximate surface area is 162 Å². The lowest BCUT2D eigenvalue weighted by atomic mass is 9.96. The Balaban J connectivity index is 2.22. The van der Waals surface area contributed by atoms with Crippen molar-refractivity contribution in [3.8, 4) is 6.07 Å². The highest BCUT2D eigenvalue weighted by atomic mass is 79.9. The molecular formula is C18H8BrF6N3. The van der Waals surface area contributed by atoms with E-state index in [1.807, 2.05) is 6.07 Å². The van der Waals surface area contributed by atoms with E-state index in [9.17, 15) is 31.6 Å². The van der Waals surface area contributed by atoms with Crippen LogP contribution in [0.25, 0.3) is 11.0 Å². The highest BCUT2D eigenvalue weighted by Crippen LogP contribution is 2.38. The Bertz CT molecular complexity index is 1070. The second-order valence-corrected chi connectivity index (χ2v) is 6.69. The summed E-state index contributed by atoms with van der Waals surface area (Å²) in [5.74, 6) is -0.983. The molecule has 3 rings (SSSR count). The maximum Gasteiger partial charge on any atom is 0.433 e. The summed E-state index contributed by atoms with van der Waals surface area (Å²) in [5, 5.41) is 8.89. The molecule has 0 aliphatic rings. The summed E-state index contributed by atoms with van der Waals surface area (Å²) in [7, 11) is 0. The summed E-state index contributed by atoms with van der Waals surface area (Å²) in [6, 6.07) is 10.6. The van der Waals surface area contributed by atoms with Crippen LogP contribution in [0.4, 0.5) is 26.3 Å². The van der Waals surface area contributed by atoms with Crippen molar-refractivity contribution in [2.45, 2.75) is 18.3 Å². The first-order valence-corrected chi connectivity index (χ1v) is 8.41. The van der Waals surface area contributed by atoms with E-state index in [0.717, 1.165) is 10.5 Å². The minimum absolute atomic E-state index is 0.00253. The highest BCUT2D eigenvalue weighted by Gasteiger charge is 2.39. The van der Waals surface area contributed by atoms with Crippen molar-refractivity contribution < 1.29 is 26.3 Å². The first-order valence-electron chi connectivity index (χ1n) is 7.62. The molecule has 28 heavy (non-hydrogen) atoms. The summed E-state index contributed by atoms with van der Waals surface area (Å²) in [5.41, 5.74) is -3.43. The molecule has 0 fully saturated rings. The fourth-order valence-corrected chi connectivity index (χ4v) is 2.89. The standard InChI is InChI=1S/C18H8BrF6N3/c19-10-3-1-9(2-4-10)12(8-26)14-6-5-11-13(17(20,21)22)7-15(18(23,24)25)28-16(11)27-14/h1-7,12H/t12-/m1/s1. The average molecular weight is 460 g/mol. The van der Waals surface area contributed by atoms with E-state index in [1.165, 1.54) is 6.07 Å². The number of nitriles is 1. The minimum Gasteiger partial charge on any atom is -0.231 e. The monoisotopic (exact) mass is 459 g/mol. The number of aromatic nitrogens is 2. The highest BCUT2D eigenvalue weighted by molar-refractivity contribution is 9.10. The number of hydrogen-bond donors (Lipinski definition) is 0. The van der Waals surface area contributed by atoms with Gasteiger partial charge in [0.25, 0.3) is 0 Å². The van der Waals surface area contributed by atoms with Crippen LogP contribution in [0.15, 0.2) is 46.9 Å². The zero-order valence-corrected chi connectivity index (χ0v) is 15.2. The third-order valence-corrected chi connectivity index (χ3v) is 4.45. The van der Waals surface area contributed by atoms with Crippen molar-refractivity contribution in [1.29, 1.82) is 5.26 Å². The van der Waals surface area contributed by atoms with Crippen molar-refractivity contribution in [2.24, 2.45) is 0 Å². The van der Waals surface area contributed by atoms with Gasteiger partial charge in [-0.3, -0.25) is 0 Å². The molecule has 0 aliphatic heterocycles. The molecule has 1 aromatic carbocycles. The topological polar surface area (TPSA) is 49.6 Å². The molecule has 3 aromatic rings. The van der Waals surface area contributed by atoms with Crippen molar-refractivity contribution in [3.05, 3.63) is 69.5 Å². The van der Waals surface area contributed by atoms with Crippen molar-refractivity contribution >= 4 is 27.0 Å². The number of pyridine rings is 2. The molecule has 10 heteroatoms. The summed E-state index contributed by atoms with van der Waals surface area (Å²) < 4.78 is 79.4. The molecule has 0 radical (unpaired) electrons. The van der Waals surface area contributed by atoms with Crippen LogP contribution < -0.4 is 0 Å². The second-order valence-electron chi connectivity index (χ2n) is 5.77. The van der Waals surface area contributed by atoms with E-state index in [2.05, 4.69) is 25.9 Å². The normalized spacial score (nSPS) is 13.4. The molecule has 0 unspecified atom stereocenters. The van der Waals surface area contributed by atoms with Gasteiger partial charge in [0.15, 0.2) is 5.65 Å². The predicted molar refractivity (Wildman–Crippen MR) is 91.1 cm³/mol. The first kappa shape index (κ1) is 20.1. The van der Waals surface area contributed by atoms with Crippen molar-refractivity contribution in [2.75, 3.05) is 0 Å². The average Bonchev–Trinajstić information content (AvgIpc) is 2.61. The molecule has 144 valence electrons. The van der Waals surface area contributed by atoms with Crippen molar-refractivity contribution in [1.82, 2.24) is 9.97 Å². The van der Waals surface area contributed by atoms with Crippen LogP contribution in [0.5, 0.6) is 0 Å². The Morgan fingerprint density at radius 1 is 0.893 bits per heavy atom. The quantitative estimate of drug-likeness (QED) is 0.436. The Kier molecular flexibility index (Phi) is 5.06. The van der Waals surface area contributed by atoms with Gasteiger partial charge in [0, 0.05) is 9.86 Å². The molecule has 0 spiro atoms. The molecule has 0 amide bonds. The number of rotatable bonds is 2. The van der Waals surface area contributed by atoms with Crippen LogP contribution in [0.3, 0.4) is 0 Å². The van der Waals surface area contributed by atoms with E-state index in [4.69, 9.17) is 0 Å². The lowest BCUT2D eigenvalue weighted by Crippen LogP contribution is -2.14. The summed E-state index contributed by atoms with van der Waals surface area (Å²) >= 11 is 3.24. The van der Waals surface area contributed by atoms with Gasteiger partial charge in [-0.25, -0.2) is 9.97 Å². The summed E-state index contributed by atoms with van der Waals surface area (Å²) in [6.45, 7) is 0. The SMILES string of the molecule is N#C[C@H](c1ccc(Br)cc1)c1ccc2c(C(F)(F)F)cc(C(F)(F)F)nc2n1. The number of nitrogens with zero attached hydrogens (tertiary/aromatic N) is 3. The maximum atomic E-state index is 13.2. The van der Waals surface area contributed by atoms with Gasteiger partial charge in [0.2, 0.25) is 0 Å². The fourth-order valence-electron chi connectivity index (χ4n) is 2.63. The number of fused-ring (bicyclic) bond motifs is 1. The van der Waals surface area contributed by atoms with Crippen LogP contribution >= 0.6 is 15.9 Å². The molecule has 0 aliphatic carbocycles. The predicted octanol–water partition coefficient (Wildman–Crippen LogP) is 6.09. The zero-order valence-electron chi connectivity index (χ0n) is 13.6. The van der Waals surface area contributed by atoms with Gasteiger partial charge in [-0.05, 0) is 35.9 Å². The van der Waals surface area contributed by atoms with Gasteiger partial charge in [0.1, 0.15) is 11.6 Å². The Hall–Kier alpha value is -2.67. The van der Waals surface area contributed by atoms with Gasteiger partial charge in [-0.2, -0.15) is 31.6 Å². The van der Waals surface area contributed by atoms with E-state index in [1.54, 1.807) is 24.3 Å². The number of alkyl halides is 6. The lowest BCUT2D eigenvalue weighted by molar-refractivity contribution is -0.144. The summed E-state index contributed by atoms with van der Waals surface area (Å²) in [6.07, 6.45) is -10.1. The number of halogens is 7. The van der Waals surface area contributed by atoms with Gasteiger partial charge in [-0.15, -0.1) is 0 Å². The van der Waals surface area contributed by atoms with Gasteiger partial charge in [-0.1, -0.05) is 28.1 Å². The Morgan fingerprint density at radius 3 is 2.07 bits per heavy atom. The number of benzene rings is 1. The molecule has 1 atom stereocenters. The largest absolute Gasteiger partial charge is 0.433 e. The number of hydrogen-bond acceptors (Lipinski definition) is 3. The van der Waals surface area contributed by atoms with E-state index < -0.39 is 40.6 Å². The Morgan fingerprint density at radius 2 is 1.54 bits per heavy atom. The molecule has 3 nitrogen and oxygen atoms in total. The zero-order chi connectivity index (χ0) is 20.7. The van der Waals surface area contributed by atoms with Crippen molar-refractivity contribution in [3.63, 3.8) is 0 Å². The van der Waals surface area contributed by atoms with Crippen LogP contribution in [0, 0.1) is 11.3 Å². The smallest absolute Gasteiger partial charge is 0.231 e.